The number of carbonyl (C=O) groups is 1. The van der Waals surface area contributed by atoms with Crippen molar-refractivity contribution in [3.05, 3.63) is 34.9 Å². The zero-order valence-electron chi connectivity index (χ0n) is 14.2. The van der Waals surface area contributed by atoms with E-state index in [1.807, 2.05) is 26.0 Å². The number of amides is 2. The molecule has 0 aliphatic carbocycles. The van der Waals surface area contributed by atoms with Crippen LogP contribution in [0.3, 0.4) is 0 Å². The van der Waals surface area contributed by atoms with Crippen LogP contribution in [0.2, 0.25) is 5.02 Å². The molecule has 1 fully saturated rings. The number of nitrogens with one attached hydrogen (secondary N) is 1. The number of nitrogens with zero attached hydrogens (tertiary/aromatic N) is 1. The van der Waals surface area contributed by atoms with Gasteiger partial charge in [0.2, 0.25) is 0 Å². The molecule has 2 rings (SSSR count). The zero-order chi connectivity index (χ0) is 17.7. The van der Waals surface area contributed by atoms with E-state index >= 15 is 0 Å². The predicted molar refractivity (Wildman–Crippen MR) is 96.9 cm³/mol. The number of carbonyl (C=O) groups excluding carboxylic acids is 1. The van der Waals surface area contributed by atoms with Gasteiger partial charge in [0.1, 0.15) is 0 Å². The fraction of sp³-hybridized carbons (Fsp3) is 0.588. The molecule has 5 nitrogen and oxygen atoms in total. The van der Waals surface area contributed by atoms with Crippen molar-refractivity contribution < 1.29 is 13.2 Å². The molecule has 0 saturated carbocycles. The highest BCUT2D eigenvalue weighted by molar-refractivity contribution is 7.92. The van der Waals surface area contributed by atoms with Crippen LogP contribution in [0.1, 0.15) is 32.3 Å². The van der Waals surface area contributed by atoms with Gasteiger partial charge in [0, 0.05) is 24.7 Å². The molecule has 1 aliphatic heterocycles. The van der Waals surface area contributed by atoms with Crippen molar-refractivity contribution in [3.63, 3.8) is 0 Å². The zero-order valence-corrected chi connectivity index (χ0v) is 15.7. The summed E-state index contributed by atoms with van der Waals surface area (Å²) in [5.41, 5.74) is 0.953. The topological polar surface area (TPSA) is 66.5 Å². The summed E-state index contributed by atoms with van der Waals surface area (Å²) in [7, 11) is -3.16. The molecule has 1 aliphatic rings. The van der Waals surface area contributed by atoms with E-state index in [4.69, 9.17) is 11.6 Å². The molecule has 1 saturated heterocycles. The Morgan fingerprint density at radius 2 is 2.00 bits per heavy atom. The van der Waals surface area contributed by atoms with E-state index in [0.29, 0.717) is 24.5 Å². The molecule has 1 atom stereocenters. The van der Waals surface area contributed by atoms with E-state index < -0.39 is 15.1 Å². The van der Waals surface area contributed by atoms with Gasteiger partial charge in [-0.3, -0.25) is 0 Å². The van der Waals surface area contributed by atoms with Crippen molar-refractivity contribution in [1.29, 1.82) is 0 Å². The summed E-state index contributed by atoms with van der Waals surface area (Å²) >= 11 is 5.84. The first kappa shape index (κ1) is 19.1. The van der Waals surface area contributed by atoms with Gasteiger partial charge in [-0.15, -0.1) is 0 Å². The Morgan fingerprint density at radius 1 is 1.33 bits per heavy atom. The molecule has 1 aromatic carbocycles. The molecule has 0 radical (unpaired) electrons. The maximum Gasteiger partial charge on any atom is 0.317 e. The molecular formula is C17H25ClN2O3S. The van der Waals surface area contributed by atoms with Gasteiger partial charge >= 0.3 is 6.03 Å². The van der Waals surface area contributed by atoms with E-state index in [9.17, 15) is 13.2 Å². The molecule has 0 spiro atoms. The lowest BCUT2D eigenvalue weighted by Gasteiger charge is -2.32. The Labute approximate surface area is 149 Å². The largest absolute Gasteiger partial charge is 0.334 e. The molecule has 7 heteroatoms. The Morgan fingerprint density at radius 3 is 2.62 bits per heavy atom. The standard InChI is InChI=1S/C17H25ClN2O3S/c1-13(2)12-24(22,23)16-4-3-9-20(11-16)17(21)19-10-14-5-7-15(18)8-6-14/h5-8,13,16H,3-4,9-12H2,1-2H3,(H,19,21)/t16-/m0/s1. The third kappa shape index (κ3) is 5.38. The van der Waals surface area contributed by atoms with Crippen molar-refractivity contribution in [2.24, 2.45) is 5.92 Å². The second kappa shape index (κ2) is 8.21. The number of piperidine rings is 1. The Balaban J connectivity index is 1.91. The molecule has 1 heterocycles. The number of halogens is 1. The van der Waals surface area contributed by atoms with Gasteiger partial charge in [-0.2, -0.15) is 0 Å². The lowest BCUT2D eigenvalue weighted by atomic mass is 10.1. The first-order valence-electron chi connectivity index (χ1n) is 8.26. The minimum Gasteiger partial charge on any atom is -0.334 e. The third-order valence-electron chi connectivity index (χ3n) is 4.10. The van der Waals surface area contributed by atoms with Gasteiger partial charge in [-0.1, -0.05) is 37.6 Å². The molecule has 24 heavy (non-hydrogen) atoms. The number of likely N-dealkylation sites (tertiary alicyclic amines) is 1. The van der Waals surface area contributed by atoms with Crippen molar-refractivity contribution in [2.75, 3.05) is 18.8 Å². The normalized spacial score (nSPS) is 18.7. The minimum absolute atomic E-state index is 0.101. The number of benzene rings is 1. The van der Waals surface area contributed by atoms with E-state index in [-0.39, 0.29) is 24.2 Å². The first-order chi connectivity index (χ1) is 11.3. The van der Waals surface area contributed by atoms with Crippen LogP contribution >= 0.6 is 11.6 Å². The molecule has 0 bridgehead atoms. The van der Waals surface area contributed by atoms with Crippen LogP contribution in [0.15, 0.2) is 24.3 Å². The van der Waals surface area contributed by atoms with Crippen LogP contribution in [0.4, 0.5) is 4.79 Å². The smallest absolute Gasteiger partial charge is 0.317 e. The van der Waals surface area contributed by atoms with Gasteiger partial charge in [-0.05, 0) is 36.5 Å². The summed E-state index contributed by atoms with van der Waals surface area (Å²) in [4.78, 5) is 13.9. The Kier molecular flexibility index (Phi) is 6.52. The maximum absolute atomic E-state index is 12.4. The van der Waals surface area contributed by atoms with Crippen LogP contribution in [-0.4, -0.2) is 43.4 Å². The molecule has 1 aromatic rings. The Bertz CT molecular complexity index is 659. The van der Waals surface area contributed by atoms with E-state index in [0.717, 1.165) is 12.0 Å². The summed E-state index contributed by atoms with van der Waals surface area (Å²) in [5.74, 6) is 0.279. The van der Waals surface area contributed by atoms with E-state index in [2.05, 4.69) is 5.32 Å². The van der Waals surface area contributed by atoms with Crippen molar-refractivity contribution in [2.45, 2.75) is 38.5 Å². The van der Waals surface area contributed by atoms with Crippen LogP contribution in [0.5, 0.6) is 0 Å². The maximum atomic E-state index is 12.4. The van der Waals surface area contributed by atoms with Gasteiger partial charge in [0.05, 0.1) is 11.0 Å². The number of hydrogen-bond acceptors (Lipinski definition) is 3. The number of hydrogen-bond donors (Lipinski definition) is 1. The van der Waals surface area contributed by atoms with E-state index in [1.165, 1.54) is 0 Å². The molecule has 0 aromatic heterocycles. The summed E-state index contributed by atoms with van der Waals surface area (Å²) < 4.78 is 24.8. The second-order valence-electron chi connectivity index (χ2n) is 6.72. The van der Waals surface area contributed by atoms with Crippen LogP contribution in [0.25, 0.3) is 0 Å². The lowest BCUT2D eigenvalue weighted by Crippen LogP contribution is -2.49. The quantitative estimate of drug-likeness (QED) is 0.863. The lowest BCUT2D eigenvalue weighted by molar-refractivity contribution is 0.186. The molecular weight excluding hydrogens is 348 g/mol. The predicted octanol–water partition coefficient (Wildman–Crippen LogP) is 3.08. The van der Waals surface area contributed by atoms with Gasteiger partial charge in [0.25, 0.3) is 0 Å². The monoisotopic (exact) mass is 372 g/mol. The summed E-state index contributed by atoms with van der Waals surface area (Å²) in [6, 6.07) is 7.05. The highest BCUT2D eigenvalue weighted by atomic mass is 35.5. The minimum atomic E-state index is -3.16. The van der Waals surface area contributed by atoms with Crippen LogP contribution in [-0.2, 0) is 16.4 Å². The molecule has 0 unspecified atom stereocenters. The molecule has 2 amide bonds. The summed E-state index contributed by atoms with van der Waals surface area (Å²) in [6.07, 6.45) is 1.35. The van der Waals surface area contributed by atoms with Crippen LogP contribution < -0.4 is 5.32 Å². The summed E-state index contributed by atoms with van der Waals surface area (Å²) in [5, 5.41) is 3.05. The van der Waals surface area contributed by atoms with Crippen molar-refractivity contribution >= 4 is 27.5 Å². The van der Waals surface area contributed by atoms with Gasteiger partial charge < -0.3 is 10.2 Å². The molecule has 1 N–H and O–H groups in total. The second-order valence-corrected chi connectivity index (χ2v) is 9.48. The van der Waals surface area contributed by atoms with Crippen LogP contribution in [0, 0.1) is 5.92 Å². The highest BCUT2D eigenvalue weighted by Crippen LogP contribution is 2.20. The SMILES string of the molecule is CC(C)CS(=O)(=O)[C@H]1CCCN(C(=O)NCc2ccc(Cl)cc2)C1. The number of rotatable bonds is 5. The van der Waals surface area contributed by atoms with Crippen molar-refractivity contribution in [3.8, 4) is 0 Å². The average molecular weight is 373 g/mol. The van der Waals surface area contributed by atoms with Gasteiger partial charge in [0.15, 0.2) is 9.84 Å². The fourth-order valence-corrected chi connectivity index (χ4v) is 5.17. The number of urea groups is 1. The average Bonchev–Trinajstić information content (AvgIpc) is 2.53. The third-order valence-corrected chi connectivity index (χ3v) is 6.88. The Hall–Kier alpha value is -1.27. The number of sulfone groups is 1. The summed E-state index contributed by atoms with van der Waals surface area (Å²) in [6.45, 7) is 5.07. The fourth-order valence-electron chi connectivity index (χ4n) is 2.91. The van der Waals surface area contributed by atoms with Crippen molar-refractivity contribution in [1.82, 2.24) is 10.2 Å². The first-order valence-corrected chi connectivity index (χ1v) is 10.4. The molecule has 134 valence electrons. The highest BCUT2D eigenvalue weighted by Gasteiger charge is 2.32. The van der Waals surface area contributed by atoms with E-state index in [1.54, 1.807) is 17.0 Å². The van der Waals surface area contributed by atoms with Gasteiger partial charge in [-0.25, -0.2) is 13.2 Å².